The van der Waals surface area contributed by atoms with Crippen LogP contribution in [-0.4, -0.2) is 14.2 Å². The van der Waals surface area contributed by atoms with E-state index in [1.54, 1.807) is 12.1 Å². The van der Waals surface area contributed by atoms with E-state index in [-0.39, 0.29) is 17.2 Å². The van der Waals surface area contributed by atoms with Crippen LogP contribution in [-0.2, 0) is 6.54 Å². The Morgan fingerprint density at radius 3 is 2.65 bits per heavy atom. The van der Waals surface area contributed by atoms with Crippen LogP contribution in [0.5, 0.6) is 0 Å². The van der Waals surface area contributed by atoms with Gasteiger partial charge < -0.3 is 5.11 Å². The maximum Gasteiger partial charge on any atom is 0.331 e. The molecule has 1 saturated carbocycles. The number of rotatable bonds is 4. The van der Waals surface area contributed by atoms with Crippen LogP contribution in [0.1, 0.15) is 36.1 Å². The Morgan fingerprint density at radius 2 is 2.04 bits per heavy atom. The van der Waals surface area contributed by atoms with E-state index in [1.807, 2.05) is 0 Å². The fourth-order valence-corrected chi connectivity index (χ4v) is 2.49. The molecule has 0 bridgehead atoms. The van der Waals surface area contributed by atoms with Crippen molar-refractivity contribution in [3.05, 3.63) is 68.2 Å². The minimum Gasteiger partial charge on any atom is -0.386 e. The normalized spacial score (nSPS) is 15.2. The molecular weight excluding hydrogens is 301 g/mol. The zero-order valence-electron chi connectivity index (χ0n) is 12.1. The van der Waals surface area contributed by atoms with E-state index >= 15 is 0 Å². The fraction of sp³-hybridized carbons (Fsp3) is 0.312. The summed E-state index contributed by atoms with van der Waals surface area (Å²) in [6, 6.07) is 7.35. The Morgan fingerprint density at radius 1 is 1.35 bits per heavy atom. The average Bonchev–Trinajstić information content (AvgIpc) is 3.36. The molecule has 0 saturated heterocycles. The lowest BCUT2D eigenvalue weighted by molar-refractivity contribution is 0.148. The van der Waals surface area contributed by atoms with E-state index in [4.69, 9.17) is 5.26 Å². The molecule has 23 heavy (non-hydrogen) atoms. The predicted molar refractivity (Wildman–Crippen MR) is 79.3 cm³/mol. The monoisotopic (exact) mass is 315 g/mol. The number of hydrogen-bond donors (Lipinski definition) is 1. The van der Waals surface area contributed by atoms with Crippen LogP contribution >= 0.6 is 0 Å². The highest BCUT2D eigenvalue weighted by atomic mass is 19.1. The zero-order valence-corrected chi connectivity index (χ0v) is 12.1. The van der Waals surface area contributed by atoms with Crippen LogP contribution in [0.4, 0.5) is 4.39 Å². The summed E-state index contributed by atoms with van der Waals surface area (Å²) in [5.74, 6) is -0.619. The second-order valence-electron chi connectivity index (χ2n) is 5.53. The number of hydrogen-bond acceptors (Lipinski definition) is 4. The second kappa shape index (κ2) is 5.82. The van der Waals surface area contributed by atoms with Gasteiger partial charge in [-0.25, -0.2) is 9.18 Å². The Kier molecular flexibility index (Phi) is 3.84. The van der Waals surface area contributed by atoms with Crippen molar-refractivity contribution in [2.45, 2.75) is 31.5 Å². The van der Waals surface area contributed by atoms with Crippen molar-refractivity contribution in [3.63, 3.8) is 0 Å². The second-order valence-corrected chi connectivity index (χ2v) is 5.53. The first-order valence-electron chi connectivity index (χ1n) is 7.21. The van der Waals surface area contributed by atoms with Gasteiger partial charge in [-0.05, 0) is 18.9 Å². The Bertz CT molecular complexity index is 906. The lowest BCUT2D eigenvalue weighted by Gasteiger charge is -2.15. The predicted octanol–water partition coefficient (Wildman–Crippen LogP) is 1.09. The van der Waals surface area contributed by atoms with Gasteiger partial charge in [0, 0.05) is 17.8 Å². The van der Waals surface area contributed by atoms with Crippen LogP contribution in [0.25, 0.3) is 0 Å². The molecule has 1 aliphatic carbocycles. The molecule has 2 aromatic rings. The van der Waals surface area contributed by atoms with Crippen molar-refractivity contribution < 1.29 is 9.50 Å². The van der Waals surface area contributed by atoms with Crippen molar-refractivity contribution in [3.8, 4) is 6.07 Å². The number of nitriles is 1. The molecule has 0 unspecified atom stereocenters. The number of aliphatic hydroxyl groups excluding tert-OH is 1. The number of aromatic nitrogens is 2. The minimum absolute atomic E-state index is 0.000803. The van der Waals surface area contributed by atoms with E-state index in [0.717, 1.165) is 17.4 Å². The smallest absolute Gasteiger partial charge is 0.331 e. The highest BCUT2D eigenvalue weighted by Gasteiger charge is 2.27. The summed E-state index contributed by atoms with van der Waals surface area (Å²) >= 11 is 0. The number of nitrogens with zero attached hydrogens (tertiary/aromatic N) is 3. The van der Waals surface area contributed by atoms with Gasteiger partial charge in [-0.2, -0.15) is 5.26 Å². The standard InChI is InChI=1S/C16H14FN3O3/c17-13-4-2-1-3-12(13)14(21)9-20-15(22)10(7-18)8-19(16(20)23)11-5-6-11/h1-4,8,11,14,21H,5-6,9H2/t14-/m0/s1. The molecule has 1 heterocycles. The average molecular weight is 315 g/mol. The third-order valence-corrected chi connectivity index (χ3v) is 3.88. The summed E-state index contributed by atoms with van der Waals surface area (Å²) in [5, 5.41) is 19.2. The molecule has 1 atom stereocenters. The van der Waals surface area contributed by atoms with Gasteiger partial charge in [0.15, 0.2) is 0 Å². The zero-order chi connectivity index (χ0) is 16.6. The molecule has 1 N–H and O–H groups in total. The van der Waals surface area contributed by atoms with E-state index < -0.39 is 29.7 Å². The molecule has 1 aromatic heterocycles. The van der Waals surface area contributed by atoms with Crippen molar-refractivity contribution in [1.82, 2.24) is 9.13 Å². The van der Waals surface area contributed by atoms with Gasteiger partial charge in [0.1, 0.15) is 17.4 Å². The lowest BCUT2D eigenvalue weighted by Crippen LogP contribution is -2.41. The van der Waals surface area contributed by atoms with Gasteiger partial charge in [0.25, 0.3) is 5.56 Å². The first-order chi connectivity index (χ1) is 11.0. The summed E-state index contributed by atoms with van der Waals surface area (Å²) < 4.78 is 15.9. The third kappa shape index (κ3) is 2.81. The van der Waals surface area contributed by atoms with Crippen LogP contribution in [0, 0.1) is 17.1 Å². The third-order valence-electron chi connectivity index (χ3n) is 3.88. The fourth-order valence-electron chi connectivity index (χ4n) is 2.49. The van der Waals surface area contributed by atoms with Gasteiger partial charge in [-0.15, -0.1) is 0 Å². The Labute approximate surface area is 130 Å². The Hall–Kier alpha value is -2.72. The summed E-state index contributed by atoms with van der Waals surface area (Å²) in [6.07, 6.45) is 1.51. The largest absolute Gasteiger partial charge is 0.386 e. The van der Waals surface area contributed by atoms with Gasteiger partial charge in [-0.3, -0.25) is 13.9 Å². The minimum atomic E-state index is -1.36. The molecule has 3 rings (SSSR count). The molecule has 7 heteroatoms. The number of aliphatic hydroxyl groups is 1. The van der Waals surface area contributed by atoms with Crippen molar-refractivity contribution >= 4 is 0 Å². The molecule has 0 amide bonds. The lowest BCUT2D eigenvalue weighted by atomic mass is 10.1. The topological polar surface area (TPSA) is 88.0 Å². The van der Waals surface area contributed by atoms with E-state index in [0.29, 0.717) is 0 Å². The summed E-state index contributed by atoms with van der Waals surface area (Å²) in [6.45, 7) is -0.402. The summed E-state index contributed by atoms with van der Waals surface area (Å²) in [4.78, 5) is 24.6. The van der Waals surface area contributed by atoms with Crippen molar-refractivity contribution in [2.24, 2.45) is 0 Å². The van der Waals surface area contributed by atoms with Crippen molar-refractivity contribution in [2.75, 3.05) is 0 Å². The Balaban J connectivity index is 2.04. The maximum atomic E-state index is 13.7. The summed E-state index contributed by atoms with van der Waals surface area (Å²) in [7, 11) is 0. The van der Waals surface area contributed by atoms with Gasteiger partial charge in [0.05, 0.1) is 12.6 Å². The molecule has 118 valence electrons. The number of halogens is 1. The van der Waals surface area contributed by atoms with E-state index in [2.05, 4.69) is 0 Å². The van der Waals surface area contributed by atoms with Crippen LogP contribution in [0.2, 0.25) is 0 Å². The quantitative estimate of drug-likeness (QED) is 0.915. The van der Waals surface area contributed by atoms with Crippen LogP contribution < -0.4 is 11.2 Å². The highest BCUT2D eigenvalue weighted by Crippen LogP contribution is 2.33. The molecule has 6 nitrogen and oxygen atoms in total. The molecule has 0 radical (unpaired) electrons. The molecule has 1 aliphatic rings. The van der Waals surface area contributed by atoms with Gasteiger partial charge >= 0.3 is 5.69 Å². The molecule has 1 fully saturated rings. The maximum absolute atomic E-state index is 13.7. The number of benzene rings is 1. The van der Waals surface area contributed by atoms with Crippen molar-refractivity contribution in [1.29, 1.82) is 5.26 Å². The molecule has 1 aromatic carbocycles. The van der Waals surface area contributed by atoms with Gasteiger partial charge in [-0.1, -0.05) is 18.2 Å². The van der Waals surface area contributed by atoms with Crippen LogP contribution in [0.3, 0.4) is 0 Å². The van der Waals surface area contributed by atoms with E-state index in [9.17, 15) is 19.1 Å². The van der Waals surface area contributed by atoms with Gasteiger partial charge in [0.2, 0.25) is 0 Å². The molecule has 0 aliphatic heterocycles. The summed E-state index contributed by atoms with van der Waals surface area (Å²) in [5.41, 5.74) is -1.53. The first-order valence-corrected chi connectivity index (χ1v) is 7.21. The molecular formula is C16H14FN3O3. The SMILES string of the molecule is N#Cc1cn(C2CC2)c(=O)n(C[C@H](O)c2ccccc2F)c1=O. The molecule has 0 spiro atoms. The van der Waals surface area contributed by atoms with E-state index in [1.165, 1.54) is 29.0 Å². The first kappa shape index (κ1) is 15.2. The van der Waals surface area contributed by atoms with Crippen LogP contribution in [0.15, 0.2) is 40.1 Å². The highest BCUT2D eigenvalue weighted by molar-refractivity contribution is 5.24.